The molecular formula is C13H13ClN2O5. The average Bonchev–Trinajstić information content (AvgIpc) is 2.57. The maximum absolute atomic E-state index is 11.0. The van der Waals surface area contributed by atoms with Crippen LogP contribution in [0.3, 0.4) is 0 Å². The van der Waals surface area contributed by atoms with Crippen molar-refractivity contribution < 1.29 is 19.2 Å². The number of carbonyl (C=O) groups is 1. The van der Waals surface area contributed by atoms with Crippen LogP contribution in [0.5, 0.6) is 5.75 Å². The molecule has 112 valence electrons. The summed E-state index contributed by atoms with van der Waals surface area (Å²) in [5.41, 5.74) is 0.171. The fourth-order valence-corrected chi connectivity index (χ4v) is 2.26. The lowest BCUT2D eigenvalue weighted by atomic mass is 10.2. The van der Waals surface area contributed by atoms with Crippen molar-refractivity contribution in [1.29, 1.82) is 0 Å². The van der Waals surface area contributed by atoms with Crippen LogP contribution in [0.2, 0.25) is 0 Å². The molecular weight excluding hydrogens is 300 g/mol. The minimum Gasteiger partial charge on any atom is -0.484 e. The Kier molecular flexibility index (Phi) is 4.42. The van der Waals surface area contributed by atoms with Crippen molar-refractivity contribution in [1.82, 2.24) is 0 Å². The highest BCUT2D eigenvalue weighted by molar-refractivity contribution is 6.70. The Morgan fingerprint density at radius 2 is 2.33 bits per heavy atom. The number of carbonyl (C=O) groups excluding carboxylic acids is 1. The van der Waals surface area contributed by atoms with Crippen LogP contribution in [0.1, 0.15) is 19.4 Å². The van der Waals surface area contributed by atoms with E-state index < -0.39 is 23.0 Å². The Morgan fingerprint density at radius 1 is 1.62 bits per heavy atom. The fraction of sp³-hybridized carbons (Fsp3) is 0.385. The molecule has 0 bridgehead atoms. The smallest absolute Gasteiger partial charge is 0.311 e. The molecule has 0 N–H and O–H groups in total. The van der Waals surface area contributed by atoms with E-state index in [1.807, 2.05) is 0 Å². The molecule has 1 aromatic rings. The second-order valence-corrected chi connectivity index (χ2v) is 4.88. The minimum absolute atomic E-state index is 0.0303. The van der Waals surface area contributed by atoms with E-state index in [1.165, 1.54) is 19.1 Å². The molecule has 7 nitrogen and oxygen atoms in total. The first-order valence-electron chi connectivity index (χ1n) is 6.21. The summed E-state index contributed by atoms with van der Waals surface area (Å²) in [7, 11) is 0. The van der Waals surface area contributed by atoms with Gasteiger partial charge in [0.15, 0.2) is 0 Å². The molecule has 1 heterocycles. The van der Waals surface area contributed by atoms with Gasteiger partial charge in [0.2, 0.25) is 5.75 Å². The zero-order valence-electron chi connectivity index (χ0n) is 11.4. The number of fused-ring (bicyclic) bond motifs is 1. The lowest BCUT2D eigenvalue weighted by Gasteiger charge is -2.18. The van der Waals surface area contributed by atoms with Crippen molar-refractivity contribution in [3.63, 3.8) is 0 Å². The number of esters is 1. The molecule has 0 fully saturated rings. The highest BCUT2D eigenvalue weighted by Crippen LogP contribution is 2.34. The normalized spacial score (nSPS) is 18.6. The fourth-order valence-electron chi connectivity index (χ4n) is 1.98. The summed E-state index contributed by atoms with van der Waals surface area (Å²) < 4.78 is 10.5. The molecule has 1 aromatic carbocycles. The van der Waals surface area contributed by atoms with Gasteiger partial charge in [0.05, 0.1) is 10.5 Å². The van der Waals surface area contributed by atoms with Gasteiger partial charge in [-0.3, -0.25) is 19.9 Å². The van der Waals surface area contributed by atoms with Crippen LogP contribution >= 0.6 is 11.6 Å². The minimum atomic E-state index is -0.551. The molecule has 0 amide bonds. The largest absolute Gasteiger partial charge is 0.484 e. The first-order valence-corrected chi connectivity index (χ1v) is 6.59. The van der Waals surface area contributed by atoms with Crippen LogP contribution in [0, 0.1) is 10.1 Å². The summed E-state index contributed by atoms with van der Waals surface area (Å²) >= 11 is 6.11. The lowest BCUT2D eigenvalue weighted by Crippen LogP contribution is -2.31. The van der Waals surface area contributed by atoms with Crippen molar-refractivity contribution in [2.75, 3.05) is 6.61 Å². The van der Waals surface area contributed by atoms with E-state index >= 15 is 0 Å². The van der Waals surface area contributed by atoms with Crippen molar-refractivity contribution >= 4 is 28.4 Å². The standard InChI is InChI=1S/C13H13ClN2O5/c1-7(21-8(2)17)10-6-20-12-9(13(14)15-10)4-3-5-11(12)16(18)19/h3-5,7,10H,6H2,1-2H3/t7-,10-/m0/s1. The number of nitro groups is 1. The third-order valence-electron chi connectivity index (χ3n) is 2.98. The second-order valence-electron chi connectivity index (χ2n) is 4.52. The predicted molar refractivity (Wildman–Crippen MR) is 76.0 cm³/mol. The molecule has 8 heteroatoms. The van der Waals surface area contributed by atoms with Gasteiger partial charge in [0.1, 0.15) is 23.9 Å². The zero-order valence-corrected chi connectivity index (χ0v) is 12.2. The van der Waals surface area contributed by atoms with Gasteiger partial charge in [0, 0.05) is 13.0 Å². The van der Waals surface area contributed by atoms with Gasteiger partial charge in [-0.2, -0.15) is 0 Å². The highest BCUT2D eigenvalue weighted by atomic mass is 35.5. The first-order chi connectivity index (χ1) is 9.90. The highest BCUT2D eigenvalue weighted by Gasteiger charge is 2.29. The maximum Gasteiger partial charge on any atom is 0.311 e. The number of nitro benzene ring substituents is 1. The van der Waals surface area contributed by atoms with Crippen molar-refractivity contribution in [2.24, 2.45) is 4.99 Å². The molecule has 0 spiro atoms. The Morgan fingerprint density at radius 3 is 2.95 bits per heavy atom. The van der Waals surface area contributed by atoms with Gasteiger partial charge >= 0.3 is 11.7 Å². The molecule has 0 saturated heterocycles. The summed E-state index contributed by atoms with van der Waals surface area (Å²) in [6, 6.07) is 3.90. The Bertz CT molecular complexity index is 617. The number of hydrogen-bond donors (Lipinski definition) is 0. The second kappa shape index (κ2) is 6.09. The first kappa shape index (κ1) is 15.2. The molecule has 0 aliphatic carbocycles. The van der Waals surface area contributed by atoms with Gasteiger partial charge in [0.25, 0.3) is 0 Å². The number of hydrogen-bond acceptors (Lipinski definition) is 6. The number of nitrogens with zero attached hydrogens (tertiary/aromatic N) is 2. The lowest BCUT2D eigenvalue weighted by molar-refractivity contribution is -0.385. The zero-order chi connectivity index (χ0) is 15.6. The molecule has 21 heavy (non-hydrogen) atoms. The van der Waals surface area contributed by atoms with Crippen molar-refractivity contribution in [3.05, 3.63) is 33.9 Å². The maximum atomic E-state index is 11.0. The average molecular weight is 313 g/mol. The third kappa shape index (κ3) is 3.30. The van der Waals surface area contributed by atoms with Gasteiger partial charge in [-0.05, 0) is 13.0 Å². The summed E-state index contributed by atoms with van der Waals surface area (Å²) in [4.78, 5) is 25.7. The number of benzene rings is 1. The van der Waals surface area contributed by atoms with Crippen LogP contribution in [0.15, 0.2) is 23.2 Å². The van der Waals surface area contributed by atoms with Crippen LogP contribution < -0.4 is 4.74 Å². The summed E-state index contributed by atoms with van der Waals surface area (Å²) in [5, 5.41) is 11.1. The van der Waals surface area contributed by atoms with E-state index in [0.717, 1.165) is 0 Å². The molecule has 0 radical (unpaired) electrons. The molecule has 0 unspecified atom stereocenters. The van der Waals surface area contributed by atoms with Crippen LogP contribution in [-0.4, -0.2) is 34.8 Å². The monoisotopic (exact) mass is 312 g/mol. The predicted octanol–water partition coefficient (Wildman–Crippen LogP) is 2.29. The van der Waals surface area contributed by atoms with Gasteiger partial charge in [-0.15, -0.1) is 0 Å². The van der Waals surface area contributed by atoms with E-state index in [4.69, 9.17) is 21.1 Å². The van der Waals surface area contributed by atoms with Crippen LogP contribution in [-0.2, 0) is 9.53 Å². The van der Waals surface area contributed by atoms with E-state index in [2.05, 4.69) is 4.99 Å². The number of rotatable bonds is 3. The van der Waals surface area contributed by atoms with Crippen LogP contribution in [0.25, 0.3) is 0 Å². The van der Waals surface area contributed by atoms with Gasteiger partial charge < -0.3 is 9.47 Å². The van der Waals surface area contributed by atoms with E-state index in [9.17, 15) is 14.9 Å². The van der Waals surface area contributed by atoms with Crippen molar-refractivity contribution in [3.8, 4) is 5.75 Å². The third-order valence-corrected chi connectivity index (χ3v) is 3.29. The quantitative estimate of drug-likeness (QED) is 0.485. The Balaban J connectivity index is 2.34. The van der Waals surface area contributed by atoms with E-state index in [0.29, 0.717) is 5.56 Å². The van der Waals surface area contributed by atoms with Crippen LogP contribution in [0.4, 0.5) is 5.69 Å². The SMILES string of the molecule is CC(=O)O[C@@H](C)[C@@H]1COc2c(cccc2[N+](=O)[O-])C(Cl)=N1. The molecule has 2 atom stereocenters. The molecule has 1 aliphatic rings. The number of halogens is 1. The molecule has 1 aliphatic heterocycles. The summed E-state index contributed by atoms with van der Waals surface area (Å²) in [5.74, 6) is -0.365. The Labute approximate surface area is 125 Å². The number of ether oxygens (including phenoxy) is 2. The number of aliphatic imine (C=N–C) groups is 1. The van der Waals surface area contributed by atoms with E-state index in [1.54, 1.807) is 13.0 Å². The van der Waals surface area contributed by atoms with Gasteiger partial charge in [-0.25, -0.2) is 0 Å². The summed E-state index contributed by atoms with van der Waals surface area (Å²) in [6.07, 6.45) is -0.551. The molecule has 2 rings (SSSR count). The van der Waals surface area contributed by atoms with E-state index in [-0.39, 0.29) is 23.2 Å². The topological polar surface area (TPSA) is 91.0 Å². The molecule has 0 saturated carbocycles. The van der Waals surface area contributed by atoms with Gasteiger partial charge in [-0.1, -0.05) is 17.7 Å². The van der Waals surface area contributed by atoms with Crippen molar-refractivity contribution in [2.45, 2.75) is 26.0 Å². The summed E-state index contributed by atoms with van der Waals surface area (Å²) in [6.45, 7) is 2.98. The Hall–Kier alpha value is -2.15. The number of para-hydroxylation sites is 1. The molecule has 0 aromatic heterocycles.